The topological polar surface area (TPSA) is 64.3 Å². The molecule has 0 radical (unpaired) electrons. The molecule has 0 aromatic heterocycles. The Labute approximate surface area is 108 Å². The molecule has 0 fully saturated rings. The largest absolute Gasteiger partial charge is 0.463 e. The van der Waals surface area contributed by atoms with Gasteiger partial charge in [0.15, 0.2) is 0 Å². The van der Waals surface area contributed by atoms with E-state index in [1.165, 1.54) is 11.9 Å². The molecule has 15 heavy (non-hydrogen) atoms. The Balaban J connectivity index is -0.000000720. The molecule has 0 aliphatic rings. The van der Waals surface area contributed by atoms with E-state index in [0.29, 0.717) is 11.8 Å². The van der Waals surface area contributed by atoms with Crippen molar-refractivity contribution in [1.82, 2.24) is 4.72 Å². The van der Waals surface area contributed by atoms with Gasteiger partial charge in [0.1, 0.15) is 12.6 Å². The van der Waals surface area contributed by atoms with Crippen LogP contribution in [0.4, 0.5) is 0 Å². The second-order valence-corrected chi connectivity index (χ2v) is 4.38. The fourth-order valence-electron chi connectivity index (χ4n) is 0.571. The summed E-state index contributed by atoms with van der Waals surface area (Å²) in [5.41, 5.74) is 5.20. The van der Waals surface area contributed by atoms with Gasteiger partial charge in [-0.25, -0.2) is 0 Å². The third kappa shape index (κ3) is 12.3. The van der Waals surface area contributed by atoms with Gasteiger partial charge in [0, 0.05) is 11.8 Å². The van der Waals surface area contributed by atoms with E-state index in [-0.39, 0.29) is 43.4 Å². The van der Waals surface area contributed by atoms with Gasteiger partial charge in [-0.3, -0.25) is 9.52 Å². The van der Waals surface area contributed by atoms with Crippen molar-refractivity contribution in [2.75, 3.05) is 13.2 Å². The molecule has 0 spiro atoms. The second kappa shape index (κ2) is 12.4. The maximum atomic E-state index is 11.2. The molecule has 0 aliphatic heterocycles. The van der Waals surface area contributed by atoms with Crippen LogP contribution in [-0.4, -0.2) is 30.4 Å². The maximum absolute atomic E-state index is 11.2. The van der Waals surface area contributed by atoms with Crippen LogP contribution >= 0.6 is 36.8 Å². The highest BCUT2D eigenvalue weighted by Gasteiger charge is 2.13. The third-order valence-corrected chi connectivity index (χ3v) is 2.16. The zero-order chi connectivity index (χ0) is 10.3. The molecule has 0 rings (SSSR count). The minimum atomic E-state index is -0.279. The molecule has 0 heterocycles. The second-order valence-electron chi connectivity index (χ2n) is 2.96. The molecule has 4 nitrogen and oxygen atoms in total. The summed E-state index contributed by atoms with van der Waals surface area (Å²) in [6.45, 7) is 6.53. The van der Waals surface area contributed by atoms with E-state index in [9.17, 15) is 4.79 Å². The summed E-state index contributed by atoms with van der Waals surface area (Å²) in [7, 11) is 0. The molecule has 0 aliphatic carbocycles. The van der Waals surface area contributed by atoms with E-state index in [1.807, 2.05) is 0 Å². The van der Waals surface area contributed by atoms with Crippen molar-refractivity contribution >= 4 is 42.7 Å². The molecule has 3 N–H and O–H groups in total. The molecular formula is C8H20Cl2N2O2S. The Morgan fingerprint density at radius 3 is 2.33 bits per heavy atom. The molecule has 0 amide bonds. The highest BCUT2D eigenvalue weighted by Crippen LogP contribution is 2.05. The van der Waals surface area contributed by atoms with E-state index in [2.05, 4.69) is 18.6 Å². The fourth-order valence-corrected chi connectivity index (χ4v) is 1.14. The molecule has 0 saturated heterocycles. The van der Waals surface area contributed by atoms with Gasteiger partial charge in [-0.1, -0.05) is 25.8 Å². The molecule has 1 atom stereocenters. The van der Waals surface area contributed by atoms with Crippen LogP contribution in [-0.2, 0) is 9.53 Å². The lowest BCUT2D eigenvalue weighted by Crippen LogP contribution is -2.32. The summed E-state index contributed by atoms with van der Waals surface area (Å²) in [6.07, 6.45) is 0. The van der Waals surface area contributed by atoms with Gasteiger partial charge in [0.05, 0.1) is 0 Å². The van der Waals surface area contributed by atoms with Crippen molar-refractivity contribution in [3.63, 3.8) is 0 Å². The number of carbonyl (C=O) groups excluding carboxylic acids is 1. The molecule has 0 aromatic rings. The number of rotatable bonds is 6. The quantitative estimate of drug-likeness (QED) is 0.568. The molecule has 94 valence electrons. The Kier molecular flexibility index (Phi) is 17.1. The van der Waals surface area contributed by atoms with Gasteiger partial charge in [-0.05, 0) is 6.92 Å². The average Bonchev–Trinajstić information content (AvgIpc) is 2.10. The molecule has 0 unspecified atom stereocenters. The zero-order valence-electron chi connectivity index (χ0n) is 9.19. The van der Waals surface area contributed by atoms with Crippen LogP contribution < -0.4 is 10.5 Å². The molecular weight excluding hydrogens is 259 g/mol. The van der Waals surface area contributed by atoms with Gasteiger partial charge in [0.2, 0.25) is 0 Å². The van der Waals surface area contributed by atoms with E-state index in [0.717, 1.165) is 0 Å². The Morgan fingerprint density at radius 2 is 1.93 bits per heavy atom. The lowest BCUT2D eigenvalue weighted by molar-refractivity contribution is -0.144. The molecule has 0 saturated carbocycles. The number of halogens is 2. The van der Waals surface area contributed by atoms with E-state index in [4.69, 9.17) is 10.5 Å². The van der Waals surface area contributed by atoms with Crippen molar-refractivity contribution in [1.29, 1.82) is 0 Å². The summed E-state index contributed by atoms with van der Waals surface area (Å²) < 4.78 is 7.84. The highest BCUT2D eigenvalue weighted by atomic mass is 35.5. The van der Waals surface area contributed by atoms with Gasteiger partial charge in [-0.15, -0.1) is 24.8 Å². The van der Waals surface area contributed by atoms with Crippen LogP contribution in [0.2, 0.25) is 0 Å². The van der Waals surface area contributed by atoms with Crippen LogP contribution in [0.25, 0.3) is 0 Å². The van der Waals surface area contributed by atoms with E-state index in [1.54, 1.807) is 6.92 Å². The predicted octanol–water partition coefficient (Wildman–Crippen LogP) is 1.37. The smallest absolute Gasteiger partial charge is 0.323 e. The zero-order valence-corrected chi connectivity index (χ0v) is 11.6. The standard InChI is InChI=1S/C8H18N2O2S.2ClH/c1-6(2)13-10-7(3)8(11)12-5-4-9;;/h6-7,10H,4-5,9H2,1-3H3;2*1H/t7-;;/m0../s1. The number of hydrogen-bond donors (Lipinski definition) is 2. The summed E-state index contributed by atoms with van der Waals surface area (Å²) in [4.78, 5) is 11.2. The van der Waals surface area contributed by atoms with Gasteiger partial charge < -0.3 is 10.5 Å². The summed E-state index contributed by atoms with van der Waals surface area (Å²) >= 11 is 1.52. The van der Waals surface area contributed by atoms with Crippen LogP contribution in [0.1, 0.15) is 20.8 Å². The monoisotopic (exact) mass is 278 g/mol. The number of nitrogens with two attached hydrogens (primary N) is 1. The van der Waals surface area contributed by atoms with Crippen LogP contribution in [0.3, 0.4) is 0 Å². The summed E-state index contributed by atoms with van der Waals surface area (Å²) in [6, 6.07) is -0.279. The first kappa shape index (κ1) is 20.7. The number of esters is 1. The lowest BCUT2D eigenvalue weighted by Gasteiger charge is -2.13. The minimum absolute atomic E-state index is 0. The minimum Gasteiger partial charge on any atom is -0.463 e. The third-order valence-electron chi connectivity index (χ3n) is 1.20. The first-order chi connectivity index (χ1) is 6.07. The Bertz CT molecular complexity index is 162. The number of nitrogens with one attached hydrogen (secondary N) is 1. The number of ether oxygens (including phenoxy) is 1. The van der Waals surface area contributed by atoms with Crippen LogP contribution in [0.15, 0.2) is 0 Å². The fraction of sp³-hybridized carbons (Fsp3) is 0.875. The van der Waals surface area contributed by atoms with E-state index >= 15 is 0 Å². The lowest BCUT2D eigenvalue weighted by atomic mass is 10.4. The van der Waals surface area contributed by atoms with Crippen molar-refractivity contribution in [3.05, 3.63) is 0 Å². The SMILES string of the molecule is CC(C)SN[C@@H](C)C(=O)OCCN.Cl.Cl. The van der Waals surface area contributed by atoms with Gasteiger partial charge >= 0.3 is 5.97 Å². The molecule has 0 aromatic carbocycles. The highest BCUT2D eigenvalue weighted by molar-refractivity contribution is 7.98. The van der Waals surface area contributed by atoms with E-state index < -0.39 is 0 Å². The molecule has 0 bridgehead atoms. The first-order valence-electron chi connectivity index (χ1n) is 4.35. The normalized spacial score (nSPS) is 11.3. The van der Waals surface area contributed by atoms with Gasteiger partial charge in [-0.2, -0.15) is 0 Å². The first-order valence-corrected chi connectivity index (χ1v) is 5.23. The van der Waals surface area contributed by atoms with Crippen molar-refractivity contribution in [2.45, 2.75) is 32.1 Å². The van der Waals surface area contributed by atoms with Crippen LogP contribution in [0, 0.1) is 0 Å². The van der Waals surface area contributed by atoms with Gasteiger partial charge in [0.25, 0.3) is 0 Å². The van der Waals surface area contributed by atoms with Crippen molar-refractivity contribution in [3.8, 4) is 0 Å². The average molecular weight is 279 g/mol. The summed E-state index contributed by atoms with van der Waals surface area (Å²) in [5.74, 6) is -0.251. The summed E-state index contributed by atoms with van der Waals surface area (Å²) in [5, 5.41) is 0.449. The van der Waals surface area contributed by atoms with Crippen molar-refractivity contribution in [2.24, 2.45) is 5.73 Å². The van der Waals surface area contributed by atoms with Crippen molar-refractivity contribution < 1.29 is 9.53 Å². The Morgan fingerprint density at radius 1 is 1.40 bits per heavy atom. The maximum Gasteiger partial charge on any atom is 0.323 e. The number of carbonyl (C=O) groups is 1. The number of hydrogen-bond acceptors (Lipinski definition) is 5. The predicted molar refractivity (Wildman–Crippen MR) is 69.8 cm³/mol. The molecule has 7 heteroatoms. The Hall–Kier alpha value is 0.320. The van der Waals surface area contributed by atoms with Crippen LogP contribution in [0.5, 0.6) is 0 Å².